The highest BCUT2D eigenvalue weighted by Gasteiger charge is 2.14. The van der Waals surface area contributed by atoms with E-state index >= 15 is 0 Å². The summed E-state index contributed by atoms with van der Waals surface area (Å²) in [7, 11) is 5.55. The van der Waals surface area contributed by atoms with Crippen LogP contribution in [0.5, 0.6) is 0 Å². The number of esters is 4. The molecule has 0 aliphatic carbocycles. The first-order chi connectivity index (χ1) is 32.7. The van der Waals surface area contributed by atoms with Gasteiger partial charge in [0.15, 0.2) is 0 Å². The minimum Gasteiger partial charge on any atom is -0.465 e. The highest BCUT2D eigenvalue weighted by atomic mass is 16.6. The van der Waals surface area contributed by atoms with E-state index in [1.54, 1.807) is 9.80 Å². The fourth-order valence-electron chi connectivity index (χ4n) is 4.43. The summed E-state index contributed by atoms with van der Waals surface area (Å²) in [5, 5.41) is 12.5. The number of methoxy groups -OCH3 is 2. The summed E-state index contributed by atoms with van der Waals surface area (Å²) < 4.78 is 60.1. The van der Waals surface area contributed by atoms with Gasteiger partial charge in [-0.1, -0.05) is 7.43 Å². The highest BCUT2D eigenvalue weighted by molar-refractivity contribution is 5.78. The monoisotopic (exact) mass is 1000 g/mol. The van der Waals surface area contributed by atoms with Gasteiger partial charge in [0.05, 0.1) is 86.8 Å². The average molecular weight is 1000 g/mol. The number of nitrogens with one attached hydrogen (secondary N) is 5. The predicted molar refractivity (Wildman–Crippen MR) is 242 cm³/mol. The molecule has 69 heavy (non-hydrogen) atoms. The van der Waals surface area contributed by atoms with E-state index in [1.165, 1.54) is 42.2 Å². The molecule has 0 spiro atoms. The second-order valence-corrected chi connectivity index (χ2v) is 13.2. The lowest BCUT2D eigenvalue weighted by molar-refractivity contribution is -0.151. The SMILES string of the molecule is C.CNC(=O)CN(CCOC(=O)COCCOCCNC(C)=O)CCOC(=O)COCCOCCNC(=O)OC.CNC(=O)CN(CCOC(C)=O)CCOC(=O)COCCOCCNC(=O)OC. The van der Waals surface area contributed by atoms with Gasteiger partial charge >= 0.3 is 36.1 Å². The summed E-state index contributed by atoms with van der Waals surface area (Å²) in [4.78, 5) is 105. The van der Waals surface area contributed by atoms with Gasteiger partial charge in [0.1, 0.15) is 46.2 Å². The van der Waals surface area contributed by atoms with Gasteiger partial charge in [0.25, 0.3) is 0 Å². The van der Waals surface area contributed by atoms with E-state index in [0.717, 1.165) is 0 Å². The van der Waals surface area contributed by atoms with Crippen LogP contribution >= 0.6 is 0 Å². The fourth-order valence-corrected chi connectivity index (χ4v) is 4.43. The largest absolute Gasteiger partial charge is 0.465 e. The Hall–Kier alpha value is -5.49. The average Bonchev–Trinajstić information content (AvgIpc) is 3.30. The molecule has 0 aliphatic rings. The number of likely N-dealkylation sites (N-methyl/N-ethyl adjacent to an activating group) is 2. The van der Waals surface area contributed by atoms with Crippen molar-refractivity contribution in [3.05, 3.63) is 0 Å². The van der Waals surface area contributed by atoms with E-state index in [1.807, 2.05) is 0 Å². The third-order valence-electron chi connectivity index (χ3n) is 7.82. The molecule has 5 amide bonds. The maximum atomic E-state index is 11.8. The van der Waals surface area contributed by atoms with Crippen molar-refractivity contribution in [2.45, 2.75) is 21.3 Å². The molecule has 0 heterocycles. The molecule has 0 atom stereocenters. The third-order valence-corrected chi connectivity index (χ3v) is 7.82. The number of alkyl carbamates (subject to hydrolysis) is 2. The smallest absolute Gasteiger partial charge is 0.406 e. The standard InChI is InChI=1S/C23H42N4O12.C17H31N3O9.CH4/c1-19(28)25-4-8-34-12-14-36-17-21(30)38-10-6-27(16-20(29)24-2)7-11-39-22(31)18-37-15-13-35-9-5-26-23(32)33-3;1-14(21)28-8-5-20(12-15(22)18-2)6-9-29-16(23)13-27-11-10-26-7-4-19-17(24)25-3;/h4-18H2,1-3H3,(H,24,29)(H,25,28)(H,26,32);4-13H2,1-3H3,(H,18,22)(H,19,24);1H4. The van der Waals surface area contributed by atoms with Crippen LogP contribution in [0.3, 0.4) is 0 Å². The maximum absolute atomic E-state index is 11.8. The van der Waals surface area contributed by atoms with E-state index in [4.69, 9.17) is 47.4 Å². The van der Waals surface area contributed by atoms with Gasteiger partial charge in [0, 0.05) is 73.8 Å². The van der Waals surface area contributed by atoms with Gasteiger partial charge in [-0.3, -0.25) is 29.0 Å². The van der Waals surface area contributed by atoms with E-state index < -0.39 is 36.1 Å². The number of hydrogen-bond donors (Lipinski definition) is 5. The minimum atomic E-state index is -0.579. The van der Waals surface area contributed by atoms with Crippen molar-refractivity contribution >= 4 is 53.8 Å². The van der Waals surface area contributed by atoms with Crippen LogP contribution in [-0.2, 0) is 90.4 Å². The molecule has 0 bridgehead atoms. The molecule has 0 unspecified atom stereocenters. The van der Waals surface area contributed by atoms with Gasteiger partial charge in [-0.05, 0) is 0 Å². The van der Waals surface area contributed by atoms with Crippen LogP contribution in [0.15, 0.2) is 0 Å². The van der Waals surface area contributed by atoms with Crippen molar-refractivity contribution in [1.82, 2.24) is 36.4 Å². The predicted octanol–water partition coefficient (Wildman–Crippen LogP) is -3.15. The first-order valence-electron chi connectivity index (χ1n) is 21.5. The summed E-state index contributed by atoms with van der Waals surface area (Å²) in [6, 6.07) is 0. The molecule has 28 nitrogen and oxygen atoms in total. The molecule has 0 saturated heterocycles. The third kappa shape index (κ3) is 50.2. The molecule has 0 saturated carbocycles. The Morgan fingerprint density at radius 2 is 0.710 bits per heavy atom. The number of amides is 5. The molecule has 0 aliphatic heterocycles. The lowest BCUT2D eigenvalue weighted by Gasteiger charge is -2.21. The van der Waals surface area contributed by atoms with Gasteiger partial charge in [-0.25, -0.2) is 24.0 Å². The number of carbonyl (C=O) groups excluding carboxylic acids is 9. The topological polar surface area (TPSA) is 331 Å². The molecule has 28 heteroatoms. The number of hydrogen-bond acceptors (Lipinski definition) is 23. The van der Waals surface area contributed by atoms with Crippen molar-refractivity contribution < 1.29 is 100.0 Å². The van der Waals surface area contributed by atoms with E-state index in [9.17, 15) is 43.2 Å². The quantitative estimate of drug-likeness (QED) is 0.0230. The van der Waals surface area contributed by atoms with Crippen LogP contribution in [0.2, 0.25) is 0 Å². The summed E-state index contributed by atoms with van der Waals surface area (Å²) in [6.45, 7) is 6.59. The molecular weight excluding hydrogens is 926 g/mol. The molecule has 0 aromatic rings. The zero-order chi connectivity index (χ0) is 51.0. The Morgan fingerprint density at radius 1 is 0.406 bits per heavy atom. The zero-order valence-corrected chi connectivity index (χ0v) is 40.1. The normalized spacial score (nSPS) is 10.3. The lowest BCUT2D eigenvalue weighted by Crippen LogP contribution is -2.40. The van der Waals surface area contributed by atoms with Crippen molar-refractivity contribution in [2.24, 2.45) is 0 Å². The second-order valence-electron chi connectivity index (χ2n) is 13.2. The van der Waals surface area contributed by atoms with Crippen molar-refractivity contribution in [3.8, 4) is 0 Å². The van der Waals surface area contributed by atoms with Crippen LogP contribution in [0, 0.1) is 0 Å². The summed E-state index contributed by atoms with van der Waals surface area (Å²) in [6.07, 6.45) is -1.08. The Balaban J connectivity index is -0.00000130. The van der Waals surface area contributed by atoms with Crippen molar-refractivity contribution in [3.63, 3.8) is 0 Å². The maximum Gasteiger partial charge on any atom is 0.406 e. The molecule has 5 N–H and O–H groups in total. The van der Waals surface area contributed by atoms with E-state index in [2.05, 4.69) is 36.1 Å². The van der Waals surface area contributed by atoms with Crippen LogP contribution in [-0.4, -0.2) is 257 Å². The van der Waals surface area contributed by atoms with Gasteiger partial charge in [0.2, 0.25) is 17.7 Å². The van der Waals surface area contributed by atoms with Crippen LogP contribution in [0.25, 0.3) is 0 Å². The molecule has 402 valence electrons. The molecule has 0 aromatic heterocycles. The first kappa shape index (κ1) is 67.8. The first-order valence-corrected chi connectivity index (χ1v) is 21.5. The number of nitrogens with zero attached hydrogens (tertiary/aromatic N) is 2. The van der Waals surface area contributed by atoms with Gasteiger partial charge in [-0.2, -0.15) is 0 Å². The lowest BCUT2D eigenvalue weighted by atomic mass is 10.4. The molecule has 0 aromatic carbocycles. The Morgan fingerprint density at radius 3 is 1.00 bits per heavy atom. The second kappa shape index (κ2) is 48.9. The fraction of sp³-hybridized carbons (Fsp3) is 0.780. The molecule has 0 rings (SSSR count). The van der Waals surface area contributed by atoms with Crippen molar-refractivity contribution in [1.29, 1.82) is 0 Å². The molecule has 0 fully saturated rings. The Bertz CT molecular complexity index is 1420. The minimum absolute atomic E-state index is 0. The summed E-state index contributed by atoms with van der Waals surface area (Å²) >= 11 is 0. The summed E-state index contributed by atoms with van der Waals surface area (Å²) in [5.74, 6) is -2.69. The zero-order valence-electron chi connectivity index (χ0n) is 40.1. The van der Waals surface area contributed by atoms with E-state index in [-0.39, 0.29) is 157 Å². The van der Waals surface area contributed by atoms with Crippen LogP contribution in [0.4, 0.5) is 9.59 Å². The number of rotatable bonds is 40. The van der Waals surface area contributed by atoms with Crippen LogP contribution < -0.4 is 26.6 Å². The van der Waals surface area contributed by atoms with Crippen LogP contribution in [0.1, 0.15) is 21.3 Å². The highest BCUT2D eigenvalue weighted by Crippen LogP contribution is 1.95. The number of carbonyl (C=O) groups is 9. The van der Waals surface area contributed by atoms with E-state index in [0.29, 0.717) is 32.8 Å². The number of ether oxygens (including phenoxy) is 12. The Labute approximate surface area is 403 Å². The molecule has 0 radical (unpaired) electrons. The molecular formula is C41H77N7O21. The van der Waals surface area contributed by atoms with Crippen molar-refractivity contribution in [2.75, 3.05) is 193 Å². The summed E-state index contributed by atoms with van der Waals surface area (Å²) in [5.41, 5.74) is 0. The Kier molecular flexibility index (Phi) is 48.1. The van der Waals surface area contributed by atoms with Gasteiger partial charge < -0.3 is 83.4 Å². The van der Waals surface area contributed by atoms with Gasteiger partial charge in [-0.15, -0.1) is 0 Å².